The van der Waals surface area contributed by atoms with Crippen molar-refractivity contribution >= 4 is 5.97 Å². The quantitative estimate of drug-likeness (QED) is 0.716. The van der Waals surface area contributed by atoms with Crippen LogP contribution in [-0.4, -0.2) is 34.1 Å². The maximum absolute atomic E-state index is 11.1. The standard InChI is InChI=1S/C10H13N3O2/c1-10(8-5-11-2-3-13-8)6-12-4-7(10)9(14)15/h2-3,5,7,12H,4,6H2,1H3,(H,14,15). The maximum Gasteiger partial charge on any atom is 0.308 e. The molecule has 1 aromatic heterocycles. The molecule has 2 rings (SSSR count). The molecule has 1 aliphatic heterocycles. The molecule has 0 amide bonds. The van der Waals surface area contributed by atoms with Crippen molar-refractivity contribution in [1.29, 1.82) is 0 Å². The van der Waals surface area contributed by atoms with E-state index in [1.54, 1.807) is 18.6 Å². The maximum atomic E-state index is 11.1. The van der Waals surface area contributed by atoms with Crippen LogP contribution in [0.5, 0.6) is 0 Å². The van der Waals surface area contributed by atoms with Crippen LogP contribution in [0.4, 0.5) is 0 Å². The number of carboxylic acids is 1. The van der Waals surface area contributed by atoms with Crippen molar-refractivity contribution in [3.05, 3.63) is 24.3 Å². The Bertz CT molecular complexity index is 368. The Hall–Kier alpha value is -1.49. The van der Waals surface area contributed by atoms with Gasteiger partial charge in [0.1, 0.15) is 0 Å². The molecule has 0 aromatic carbocycles. The zero-order valence-corrected chi connectivity index (χ0v) is 8.47. The highest BCUT2D eigenvalue weighted by Crippen LogP contribution is 2.33. The SMILES string of the molecule is CC1(c2cnccn2)CNCC1C(=O)O. The molecule has 80 valence electrons. The second-order valence-corrected chi connectivity index (χ2v) is 4.03. The Morgan fingerprint density at radius 2 is 2.47 bits per heavy atom. The highest BCUT2D eigenvalue weighted by molar-refractivity contribution is 5.73. The third kappa shape index (κ3) is 1.59. The second kappa shape index (κ2) is 3.58. The monoisotopic (exact) mass is 207 g/mol. The normalized spacial score (nSPS) is 30.3. The lowest BCUT2D eigenvalue weighted by atomic mass is 9.77. The van der Waals surface area contributed by atoms with Gasteiger partial charge < -0.3 is 10.4 Å². The molecule has 15 heavy (non-hydrogen) atoms. The van der Waals surface area contributed by atoms with Crippen LogP contribution in [0.3, 0.4) is 0 Å². The molecule has 2 heterocycles. The topological polar surface area (TPSA) is 75.1 Å². The number of hydrogen-bond donors (Lipinski definition) is 2. The van der Waals surface area contributed by atoms with Gasteiger partial charge in [-0.05, 0) is 0 Å². The van der Waals surface area contributed by atoms with Gasteiger partial charge in [0.15, 0.2) is 0 Å². The van der Waals surface area contributed by atoms with Gasteiger partial charge in [-0.2, -0.15) is 0 Å². The van der Waals surface area contributed by atoms with E-state index in [9.17, 15) is 4.79 Å². The average Bonchev–Trinajstić information content (AvgIpc) is 2.63. The molecule has 0 saturated carbocycles. The van der Waals surface area contributed by atoms with Gasteiger partial charge in [-0.1, -0.05) is 6.92 Å². The summed E-state index contributed by atoms with van der Waals surface area (Å²) < 4.78 is 0. The summed E-state index contributed by atoms with van der Waals surface area (Å²) in [5, 5.41) is 12.2. The van der Waals surface area contributed by atoms with E-state index in [1.807, 2.05) is 6.92 Å². The van der Waals surface area contributed by atoms with Crippen LogP contribution < -0.4 is 5.32 Å². The minimum absolute atomic E-state index is 0.436. The first-order valence-corrected chi connectivity index (χ1v) is 4.84. The summed E-state index contributed by atoms with van der Waals surface area (Å²) in [5.41, 5.74) is 0.280. The minimum atomic E-state index is -0.784. The predicted octanol–water partition coefficient (Wildman–Crippen LogP) is 0.0383. The van der Waals surface area contributed by atoms with Gasteiger partial charge in [-0.25, -0.2) is 0 Å². The van der Waals surface area contributed by atoms with Gasteiger partial charge in [-0.15, -0.1) is 0 Å². The molecule has 1 aromatic rings. The number of aliphatic carboxylic acids is 1. The van der Waals surface area contributed by atoms with Crippen molar-refractivity contribution in [2.45, 2.75) is 12.3 Å². The van der Waals surface area contributed by atoms with Crippen LogP contribution in [0, 0.1) is 5.92 Å². The molecule has 0 spiro atoms. The summed E-state index contributed by atoms with van der Waals surface area (Å²) >= 11 is 0. The van der Waals surface area contributed by atoms with E-state index in [2.05, 4.69) is 15.3 Å². The molecule has 0 aliphatic carbocycles. The minimum Gasteiger partial charge on any atom is -0.481 e. The number of carboxylic acid groups (broad SMARTS) is 1. The van der Waals surface area contributed by atoms with E-state index < -0.39 is 17.3 Å². The van der Waals surface area contributed by atoms with E-state index in [-0.39, 0.29) is 0 Å². The molecule has 5 heteroatoms. The Kier molecular flexibility index (Phi) is 2.40. The van der Waals surface area contributed by atoms with Crippen LogP contribution in [-0.2, 0) is 10.2 Å². The Balaban J connectivity index is 2.37. The van der Waals surface area contributed by atoms with Gasteiger partial charge in [0.25, 0.3) is 0 Å². The summed E-state index contributed by atoms with van der Waals surface area (Å²) in [6.07, 6.45) is 4.83. The first kappa shape index (κ1) is 10.0. The number of nitrogens with zero attached hydrogens (tertiary/aromatic N) is 2. The summed E-state index contributed by atoms with van der Waals surface area (Å²) in [6.45, 7) is 3.03. The zero-order valence-electron chi connectivity index (χ0n) is 8.47. The van der Waals surface area contributed by atoms with E-state index in [1.165, 1.54) is 0 Å². The molecule has 1 fully saturated rings. The first-order chi connectivity index (χ1) is 7.14. The third-order valence-corrected chi connectivity index (χ3v) is 3.06. The average molecular weight is 207 g/mol. The largest absolute Gasteiger partial charge is 0.481 e. The van der Waals surface area contributed by atoms with Crippen LogP contribution in [0.25, 0.3) is 0 Å². The lowest BCUT2D eigenvalue weighted by Crippen LogP contribution is -2.37. The van der Waals surface area contributed by atoms with Crippen LogP contribution in [0.2, 0.25) is 0 Å². The van der Waals surface area contributed by atoms with Gasteiger partial charge in [0, 0.05) is 37.1 Å². The second-order valence-electron chi connectivity index (χ2n) is 4.03. The summed E-state index contributed by atoms with van der Waals surface area (Å²) in [5.74, 6) is -1.22. The molecule has 0 radical (unpaired) electrons. The van der Waals surface area contributed by atoms with Crippen molar-refractivity contribution in [3.63, 3.8) is 0 Å². The van der Waals surface area contributed by atoms with Crippen LogP contribution in [0.15, 0.2) is 18.6 Å². The lowest BCUT2D eigenvalue weighted by Gasteiger charge is -2.26. The van der Waals surface area contributed by atoms with E-state index in [0.717, 1.165) is 5.69 Å². The summed E-state index contributed by atoms with van der Waals surface area (Å²) in [6, 6.07) is 0. The molecule has 5 nitrogen and oxygen atoms in total. The van der Waals surface area contributed by atoms with E-state index in [4.69, 9.17) is 5.11 Å². The van der Waals surface area contributed by atoms with Crippen molar-refractivity contribution in [2.24, 2.45) is 5.92 Å². The Morgan fingerprint density at radius 1 is 1.67 bits per heavy atom. The van der Waals surface area contributed by atoms with Gasteiger partial charge in [0.05, 0.1) is 11.6 Å². The predicted molar refractivity (Wildman–Crippen MR) is 53.4 cm³/mol. The van der Waals surface area contributed by atoms with Gasteiger partial charge in [-0.3, -0.25) is 14.8 Å². The van der Waals surface area contributed by atoms with E-state index >= 15 is 0 Å². The van der Waals surface area contributed by atoms with Crippen molar-refractivity contribution in [2.75, 3.05) is 13.1 Å². The Labute approximate surface area is 87.6 Å². The van der Waals surface area contributed by atoms with Crippen LogP contribution in [0.1, 0.15) is 12.6 Å². The lowest BCUT2D eigenvalue weighted by molar-refractivity contribution is -0.142. The highest BCUT2D eigenvalue weighted by atomic mass is 16.4. The molecule has 2 N–H and O–H groups in total. The van der Waals surface area contributed by atoms with Crippen molar-refractivity contribution in [3.8, 4) is 0 Å². The number of rotatable bonds is 2. The fourth-order valence-electron chi connectivity index (χ4n) is 2.05. The highest BCUT2D eigenvalue weighted by Gasteiger charge is 2.45. The fourth-order valence-corrected chi connectivity index (χ4v) is 2.05. The summed E-state index contributed by atoms with van der Waals surface area (Å²) in [7, 11) is 0. The molecule has 1 aliphatic rings. The zero-order chi connectivity index (χ0) is 10.9. The Morgan fingerprint density at radius 3 is 3.07 bits per heavy atom. The molecule has 2 unspecified atom stereocenters. The number of carbonyl (C=O) groups is 1. The van der Waals surface area contributed by atoms with Crippen LogP contribution >= 0.6 is 0 Å². The molecule has 2 atom stereocenters. The number of nitrogens with one attached hydrogen (secondary N) is 1. The van der Waals surface area contributed by atoms with Crippen molar-refractivity contribution < 1.29 is 9.90 Å². The number of aromatic nitrogens is 2. The first-order valence-electron chi connectivity index (χ1n) is 4.84. The molecular formula is C10H13N3O2. The molecule has 0 bridgehead atoms. The van der Waals surface area contributed by atoms with Gasteiger partial charge in [0.2, 0.25) is 0 Å². The third-order valence-electron chi connectivity index (χ3n) is 3.06. The number of hydrogen-bond acceptors (Lipinski definition) is 4. The van der Waals surface area contributed by atoms with Gasteiger partial charge >= 0.3 is 5.97 Å². The van der Waals surface area contributed by atoms with E-state index in [0.29, 0.717) is 13.1 Å². The molecule has 1 saturated heterocycles. The smallest absolute Gasteiger partial charge is 0.308 e. The fraction of sp³-hybridized carbons (Fsp3) is 0.500. The molecular weight excluding hydrogens is 194 g/mol. The summed E-state index contributed by atoms with van der Waals surface area (Å²) in [4.78, 5) is 19.3. The van der Waals surface area contributed by atoms with Crippen molar-refractivity contribution in [1.82, 2.24) is 15.3 Å².